The van der Waals surface area contributed by atoms with Crippen molar-refractivity contribution < 1.29 is 4.79 Å². The highest BCUT2D eigenvalue weighted by Crippen LogP contribution is 2.30. The van der Waals surface area contributed by atoms with Gasteiger partial charge in [0.15, 0.2) is 6.29 Å². The third kappa shape index (κ3) is 1.62. The molecular weight excluding hydrogens is 176 g/mol. The van der Waals surface area contributed by atoms with Crippen LogP contribution in [0.25, 0.3) is 0 Å². The second kappa shape index (κ2) is 3.40. The summed E-state index contributed by atoms with van der Waals surface area (Å²) in [6.07, 6.45) is 4.98. The van der Waals surface area contributed by atoms with Gasteiger partial charge in [0.25, 0.3) is 0 Å². The van der Waals surface area contributed by atoms with Gasteiger partial charge in [0, 0.05) is 24.8 Å². The van der Waals surface area contributed by atoms with Gasteiger partial charge in [-0.1, -0.05) is 0 Å². The number of carbonyl (C=O) groups is 1. The largest absolute Gasteiger partial charge is 0.356 e. The number of carbonyl (C=O) groups excluding carboxylic acids is 1. The quantitative estimate of drug-likeness (QED) is 0.681. The van der Waals surface area contributed by atoms with Crippen molar-refractivity contribution >= 4 is 12.1 Å². The molecule has 1 fully saturated rings. The van der Waals surface area contributed by atoms with Crippen molar-refractivity contribution in [2.45, 2.75) is 25.8 Å². The Balaban J connectivity index is 2.28. The number of aromatic nitrogens is 1. The van der Waals surface area contributed by atoms with Gasteiger partial charge in [-0.25, -0.2) is 4.98 Å². The molecule has 3 heteroatoms. The molecule has 0 aliphatic heterocycles. The van der Waals surface area contributed by atoms with Crippen molar-refractivity contribution in [3.63, 3.8) is 0 Å². The molecule has 1 aromatic heterocycles. The average molecular weight is 190 g/mol. The van der Waals surface area contributed by atoms with Crippen molar-refractivity contribution in [3.8, 4) is 0 Å². The van der Waals surface area contributed by atoms with Gasteiger partial charge in [0.2, 0.25) is 0 Å². The van der Waals surface area contributed by atoms with Crippen LogP contribution < -0.4 is 4.90 Å². The van der Waals surface area contributed by atoms with E-state index in [0.29, 0.717) is 11.6 Å². The standard InChI is InChI=1S/C11H14N2O/c1-8-5-9(7-14)6-12-11(8)13(2)10-3-4-10/h5-7,10H,3-4H2,1-2H3. The van der Waals surface area contributed by atoms with Gasteiger partial charge in [-0.05, 0) is 31.4 Å². The predicted molar refractivity (Wildman–Crippen MR) is 55.8 cm³/mol. The molecule has 14 heavy (non-hydrogen) atoms. The molecule has 0 spiro atoms. The Hall–Kier alpha value is -1.38. The molecule has 3 nitrogen and oxygen atoms in total. The number of pyridine rings is 1. The molecule has 2 rings (SSSR count). The number of anilines is 1. The number of hydrogen-bond donors (Lipinski definition) is 0. The molecule has 74 valence electrons. The van der Waals surface area contributed by atoms with E-state index in [1.54, 1.807) is 6.20 Å². The maximum Gasteiger partial charge on any atom is 0.151 e. The topological polar surface area (TPSA) is 33.2 Å². The Morgan fingerprint density at radius 1 is 1.57 bits per heavy atom. The lowest BCUT2D eigenvalue weighted by molar-refractivity contribution is 0.112. The van der Waals surface area contributed by atoms with Crippen LogP contribution >= 0.6 is 0 Å². The maximum atomic E-state index is 10.5. The van der Waals surface area contributed by atoms with Gasteiger partial charge in [-0.15, -0.1) is 0 Å². The highest BCUT2D eigenvalue weighted by atomic mass is 16.1. The molecule has 0 amide bonds. The summed E-state index contributed by atoms with van der Waals surface area (Å²) < 4.78 is 0. The molecule has 0 unspecified atom stereocenters. The first-order chi connectivity index (χ1) is 6.72. The zero-order chi connectivity index (χ0) is 10.1. The molecule has 1 aliphatic carbocycles. The molecule has 0 atom stereocenters. The van der Waals surface area contributed by atoms with Gasteiger partial charge in [-0.3, -0.25) is 4.79 Å². The minimum Gasteiger partial charge on any atom is -0.356 e. The van der Waals surface area contributed by atoms with Crippen LogP contribution in [-0.4, -0.2) is 24.4 Å². The lowest BCUT2D eigenvalue weighted by atomic mass is 10.2. The van der Waals surface area contributed by atoms with E-state index in [1.165, 1.54) is 12.8 Å². The summed E-state index contributed by atoms with van der Waals surface area (Å²) in [5.41, 5.74) is 1.72. The lowest BCUT2D eigenvalue weighted by Crippen LogP contribution is -2.21. The van der Waals surface area contributed by atoms with E-state index in [2.05, 4.69) is 16.9 Å². The summed E-state index contributed by atoms with van der Waals surface area (Å²) in [6, 6.07) is 2.54. The fourth-order valence-electron chi connectivity index (χ4n) is 1.66. The molecule has 0 N–H and O–H groups in total. The SMILES string of the molecule is Cc1cc(C=O)cnc1N(C)C1CC1. The molecule has 0 saturated heterocycles. The average Bonchev–Trinajstić information content (AvgIpc) is 3.00. The number of hydrogen-bond acceptors (Lipinski definition) is 3. The lowest BCUT2D eigenvalue weighted by Gasteiger charge is -2.19. The highest BCUT2D eigenvalue weighted by molar-refractivity contribution is 5.75. The van der Waals surface area contributed by atoms with Crippen molar-refractivity contribution in [3.05, 3.63) is 23.4 Å². The van der Waals surface area contributed by atoms with E-state index in [4.69, 9.17) is 0 Å². The smallest absolute Gasteiger partial charge is 0.151 e. The van der Waals surface area contributed by atoms with Gasteiger partial charge < -0.3 is 4.90 Å². The third-order valence-corrected chi connectivity index (χ3v) is 2.64. The van der Waals surface area contributed by atoms with Crippen LogP contribution in [0.5, 0.6) is 0 Å². The van der Waals surface area contributed by atoms with Crippen molar-refractivity contribution in [1.29, 1.82) is 0 Å². The van der Waals surface area contributed by atoms with Crippen molar-refractivity contribution in [2.24, 2.45) is 0 Å². The Bertz CT molecular complexity index is 358. The zero-order valence-corrected chi connectivity index (χ0v) is 8.53. The van der Waals surface area contributed by atoms with Gasteiger partial charge in [0.1, 0.15) is 5.82 Å². The second-order valence-corrected chi connectivity index (χ2v) is 3.87. The number of aldehydes is 1. The van der Waals surface area contributed by atoms with Crippen LogP contribution in [0.4, 0.5) is 5.82 Å². The Labute approximate surface area is 83.8 Å². The van der Waals surface area contributed by atoms with Crippen molar-refractivity contribution in [1.82, 2.24) is 4.98 Å². The fraction of sp³-hybridized carbons (Fsp3) is 0.455. The van der Waals surface area contributed by atoms with E-state index in [1.807, 2.05) is 13.0 Å². The maximum absolute atomic E-state index is 10.5. The molecule has 0 aromatic carbocycles. The minimum atomic E-state index is 0.649. The van der Waals surface area contributed by atoms with E-state index in [-0.39, 0.29) is 0 Å². The summed E-state index contributed by atoms with van der Waals surface area (Å²) in [4.78, 5) is 17.0. The Kier molecular flexibility index (Phi) is 2.23. The van der Waals surface area contributed by atoms with Crippen LogP contribution in [0.1, 0.15) is 28.8 Å². The van der Waals surface area contributed by atoms with Crippen LogP contribution in [0.3, 0.4) is 0 Å². The van der Waals surface area contributed by atoms with E-state index in [9.17, 15) is 4.79 Å². The highest BCUT2D eigenvalue weighted by Gasteiger charge is 2.27. The summed E-state index contributed by atoms with van der Waals surface area (Å²) in [6.45, 7) is 1.99. The molecule has 0 bridgehead atoms. The van der Waals surface area contributed by atoms with Crippen LogP contribution in [0, 0.1) is 6.92 Å². The minimum absolute atomic E-state index is 0.649. The van der Waals surface area contributed by atoms with Crippen LogP contribution in [0.15, 0.2) is 12.3 Å². The molecular formula is C11H14N2O. The molecule has 1 heterocycles. The third-order valence-electron chi connectivity index (χ3n) is 2.64. The van der Waals surface area contributed by atoms with E-state index >= 15 is 0 Å². The molecule has 0 radical (unpaired) electrons. The summed E-state index contributed by atoms with van der Waals surface area (Å²) in [5, 5.41) is 0. The van der Waals surface area contributed by atoms with E-state index in [0.717, 1.165) is 17.7 Å². The number of nitrogens with zero attached hydrogens (tertiary/aromatic N) is 2. The Morgan fingerprint density at radius 3 is 2.79 bits per heavy atom. The molecule has 1 aliphatic rings. The van der Waals surface area contributed by atoms with Crippen molar-refractivity contribution in [2.75, 3.05) is 11.9 Å². The predicted octanol–water partition coefficient (Wildman–Crippen LogP) is 1.80. The summed E-state index contributed by atoms with van der Waals surface area (Å²) in [7, 11) is 2.06. The second-order valence-electron chi connectivity index (χ2n) is 3.87. The Morgan fingerprint density at radius 2 is 2.29 bits per heavy atom. The first kappa shape index (κ1) is 9.19. The fourth-order valence-corrected chi connectivity index (χ4v) is 1.66. The van der Waals surface area contributed by atoms with E-state index < -0.39 is 0 Å². The normalized spacial score (nSPS) is 15.3. The molecule has 1 aromatic rings. The molecule has 1 saturated carbocycles. The first-order valence-corrected chi connectivity index (χ1v) is 4.87. The number of aryl methyl sites for hydroxylation is 1. The summed E-state index contributed by atoms with van der Waals surface area (Å²) >= 11 is 0. The van der Waals surface area contributed by atoms with Gasteiger partial charge in [0.05, 0.1) is 0 Å². The van der Waals surface area contributed by atoms with Gasteiger partial charge >= 0.3 is 0 Å². The van der Waals surface area contributed by atoms with Crippen LogP contribution in [0.2, 0.25) is 0 Å². The van der Waals surface area contributed by atoms with Crippen LogP contribution in [-0.2, 0) is 0 Å². The number of rotatable bonds is 3. The zero-order valence-electron chi connectivity index (χ0n) is 8.53. The van der Waals surface area contributed by atoms with Gasteiger partial charge in [-0.2, -0.15) is 0 Å². The summed E-state index contributed by atoms with van der Waals surface area (Å²) in [5.74, 6) is 0.998. The monoisotopic (exact) mass is 190 g/mol. The first-order valence-electron chi connectivity index (χ1n) is 4.87.